The number of ether oxygens (including phenoxy) is 2. The van der Waals surface area contributed by atoms with Crippen molar-refractivity contribution in [2.24, 2.45) is 0 Å². The molecule has 1 amide bonds. The minimum atomic E-state index is -0.408. The van der Waals surface area contributed by atoms with Gasteiger partial charge >= 0.3 is 0 Å². The van der Waals surface area contributed by atoms with Crippen molar-refractivity contribution in [3.8, 4) is 11.5 Å². The number of nitrogens with one attached hydrogen (secondary N) is 2. The van der Waals surface area contributed by atoms with Gasteiger partial charge in [-0.25, -0.2) is 9.97 Å². The van der Waals surface area contributed by atoms with Gasteiger partial charge < -0.3 is 20.1 Å². The number of anilines is 2. The number of rotatable bonds is 7. The third-order valence-corrected chi connectivity index (χ3v) is 4.16. The zero-order valence-corrected chi connectivity index (χ0v) is 16.2. The number of methoxy groups -OCH3 is 2. The molecule has 0 aliphatic rings. The number of carbonyl (C=O) groups is 1. The molecule has 7 nitrogen and oxygen atoms in total. The van der Waals surface area contributed by atoms with Crippen molar-refractivity contribution in [2.75, 3.05) is 24.9 Å². The van der Waals surface area contributed by atoms with E-state index in [2.05, 4.69) is 20.6 Å². The maximum atomic E-state index is 12.4. The molecule has 0 spiro atoms. The Hall–Kier alpha value is -3.32. The van der Waals surface area contributed by atoms with Gasteiger partial charge in [-0.1, -0.05) is 23.7 Å². The SMILES string of the molecule is COc1ccc(CNc2cnc(C(=O)Nc3cc(Cl)ccc3OC)cn2)cc1. The molecule has 1 aromatic heterocycles. The van der Waals surface area contributed by atoms with Crippen LogP contribution in [0.5, 0.6) is 11.5 Å². The number of hydrogen-bond acceptors (Lipinski definition) is 6. The van der Waals surface area contributed by atoms with E-state index in [0.717, 1.165) is 11.3 Å². The summed E-state index contributed by atoms with van der Waals surface area (Å²) in [4.78, 5) is 20.8. The highest BCUT2D eigenvalue weighted by Gasteiger charge is 2.12. The van der Waals surface area contributed by atoms with Gasteiger partial charge in [0.1, 0.15) is 23.0 Å². The van der Waals surface area contributed by atoms with Crippen molar-refractivity contribution in [3.63, 3.8) is 0 Å². The van der Waals surface area contributed by atoms with Gasteiger partial charge in [0.2, 0.25) is 0 Å². The molecule has 0 unspecified atom stereocenters. The topological polar surface area (TPSA) is 85.4 Å². The zero-order chi connectivity index (χ0) is 19.9. The largest absolute Gasteiger partial charge is 0.497 e. The first kappa shape index (κ1) is 19.4. The summed E-state index contributed by atoms with van der Waals surface area (Å²) < 4.78 is 10.4. The lowest BCUT2D eigenvalue weighted by atomic mass is 10.2. The van der Waals surface area contributed by atoms with Gasteiger partial charge in [0.05, 0.1) is 32.3 Å². The summed E-state index contributed by atoms with van der Waals surface area (Å²) >= 11 is 5.98. The predicted molar refractivity (Wildman–Crippen MR) is 108 cm³/mol. The molecule has 8 heteroatoms. The number of halogens is 1. The van der Waals surface area contributed by atoms with Crippen molar-refractivity contribution in [3.05, 3.63) is 71.1 Å². The Kier molecular flexibility index (Phi) is 6.29. The molecule has 0 aliphatic carbocycles. The lowest BCUT2D eigenvalue weighted by Crippen LogP contribution is -2.15. The number of benzene rings is 2. The highest BCUT2D eigenvalue weighted by atomic mass is 35.5. The second-order valence-corrected chi connectivity index (χ2v) is 6.22. The molecule has 0 radical (unpaired) electrons. The van der Waals surface area contributed by atoms with Crippen LogP contribution in [-0.4, -0.2) is 30.1 Å². The van der Waals surface area contributed by atoms with Crippen LogP contribution in [0.15, 0.2) is 54.9 Å². The van der Waals surface area contributed by atoms with Gasteiger partial charge in [-0.15, -0.1) is 0 Å². The van der Waals surface area contributed by atoms with E-state index in [9.17, 15) is 4.79 Å². The second kappa shape index (κ2) is 9.05. The first-order valence-electron chi connectivity index (χ1n) is 8.43. The molecule has 0 aliphatic heterocycles. The van der Waals surface area contributed by atoms with E-state index < -0.39 is 5.91 Å². The monoisotopic (exact) mass is 398 g/mol. The van der Waals surface area contributed by atoms with Gasteiger partial charge in [-0.3, -0.25) is 4.79 Å². The first-order valence-corrected chi connectivity index (χ1v) is 8.80. The summed E-state index contributed by atoms with van der Waals surface area (Å²) in [5.74, 6) is 1.46. The number of amides is 1. The molecule has 2 N–H and O–H groups in total. The van der Waals surface area contributed by atoms with Crippen LogP contribution in [-0.2, 0) is 6.54 Å². The average Bonchev–Trinajstić information content (AvgIpc) is 2.73. The van der Waals surface area contributed by atoms with Crippen molar-refractivity contribution >= 4 is 29.0 Å². The summed E-state index contributed by atoms with van der Waals surface area (Å²) in [6.07, 6.45) is 2.91. The fourth-order valence-corrected chi connectivity index (χ4v) is 2.61. The van der Waals surface area contributed by atoms with Crippen molar-refractivity contribution in [2.45, 2.75) is 6.54 Å². The van der Waals surface area contributed by atoms with Gasteiger partial charge in [0.25, 0.3) is 5.91 Å². The van der Waals surface area contributed by atoms with Gasteiger partial charge in [-0.05, 0) is 35.9 Å². The Labute approximate surface area is 167 Å². The van der Waals surface area contributed by atoms with E-state index in [-0.39, 0.29) is 5.69 Å². The summed E-state index contributed by atoms with van der Waals surface area (Å²) in [7, 11) is 3.14. The Morgan fingerprint density at radius 3 is 2.46 bits per heavy atom. The van der Waals surface area contributed by atoms with E-state index in [1.807, 2.05) is 24.3 Å². The molecule has 0 bridgehead atoms. The molecule has 144 valence electrons. The van der Waals surface area contributed by atoms with E-state index >= 15 is 0 Å². The lowest BCUT2D eigenvalue weighted by Gasteiger charge is -2.10. The van der Waals surface area contributed by atoms with Crippen LogP contribution in [0.25, 0.3) is 0 Å². The molecule has 3 rings (SSSR count). The number of hydrogen-bond donors (Lipinski definition) is 2. The van der Waals surface area contributed by atoms with Gasteiger partial charge in [0.15, 0.2) is 0 Å². The zero-order valence-electron chi connectivity index (χ0n) is 15.4. The maximum absolute atomic E-state index is 12.4. The summed E-state index contributed by atoms with van der Waals surface area (Å²) in [5, 5.41) is 6.37. The third-order valence-electron chi connectivity index (χ3n) is 3.93. The van der Waals surface area contributed by atoms with Crippen LogP contribution in [0, 0.1) is 0 Å². The molecule has 0 fully saturated rings. The molecule has 3 aromatic rings. The standard InChI is InChI=1S/C20H19ClN4O3/c1-27-15-6-3-13(4-7-15)10-23-19-12-22-17(11-24-19)20(26)25-16-9-14(21)5-8-18(16)28-2/h3-9,11-12H,10H2,1-2H3,(H,23,24)(H,25,26). The van der Waals surface area contributed by atoms with E-state index in [4.69, 9.17) is 21.1 Å². The van der Waals surface area contributed by atoms with Crippen LogP contribution in [0.4, 0.5) is 11.5 Å². The van der Waals surface area contributed by atoms with E-state index in [0.29, 0.717) is 28.8 Å². The fraction of sp³-hybridized carbons (Fsp3) is 0.150. The highest BCUT2D eigenvalue weighted by Crippen LogP contribution is 2.28. The molecule has 1 heterocycles. The molecule has 0 saturated carbocycles. The molecular weight excluding hydrogens is 380 g/mol. The molecule has 2 aromatic carbocycles. The van der Waals surface area contributed by atoms with Crippen molar-refractivity contribution in [1.29, 1.82) is 0 Å². The maximum Gasteiger partial charge on any atom is 0.275 e. The van der Waals surface area contributed by atoms with Crippen LogP contribution < -0.4 is 20.1 Å². The smallest absolute Gasteiger partial charge is 0.275 e. The molecule has 28 heavy (non-hydrogen) atoms. The minimum Gasteiger partial charge on any atom is -0.497 e. The molecule has 0 atom stereocenters. The van der Waals surface area contributed by atoms with Gasteiger partial charge in [-0.2, -0.15) is 0 Å². The van der Waals surface area contributed by atoms with Crippen molar-refractivity contribution < 1.29 is 14.3 Å². The Bertz CT molecular complexity index is 947. The van der Waals surface area contributed by atoms with Crippen LogP contribution in [0.2, 0.25) is 5.02 Å². The van der Waals surface area contributed by atoms with Crippen LogP contribution in [0.1, 0.15) is 16.1 Å². The number of carbonyl (C=O) groups excluding carboxylic acids is 1. The van der Waals surface area contributed by atoms with Crippen LogP contribution >= 0.6 is 11.6 Å². The Morgan fingerprint density at radius 1 is 1.04 bits per heavy atom. The quantitative estimate of drug-likeness (QED) is 0.625. The second-order valence-electron chi connectivity index (χ2n) is 5.79. The highest BCUT2D eigenvalue weighted by molar-refractivity contribution is 6.31. The van der Waals surface area contributed by atoms with Crippen LogP contribution in [0.3, 0.4) is 0 Å². The van der Waals surface area contributed by atoms with Gasteiger partial charge in [0, 0.05) is 11.6 Å². The summed E-state index contributed by atoms with van der Waals surface area (Å²) in [6, 6.07) is 12.7. The fourth-order valence-electron chi connectivity index (χ4n) is 2.44. The normalized spacial score (nSPS) is 10.2. The predicted octanol–water partition coefficient (Wildman–Crippen LogP) is 4.01. The average molecular weight is 399 g/mol. The molecular formula is C20H19ClN4O3. The number of nitrogens with zero attached hydrogens (tertiary/aromatic N) is 2. The summed E-state index contributed by atoms with van der Waals surface area (Å²) in [5.41, 5.74) is 1.71. The Morgan fingerprint density at radius 2 is 1.82 bits per heavy atom. The van der Waals surface area contributed by atoms with Crippen molar-refractivity contribution in [1.82, 2.24) is 9.97 Å². The molecule has 0 saturated heterocycles. The number of aromatic nitrogens is 2. The minimum absolute atomic E-state index is 0.178. The lowest BCUT2D eigenvalue weighted by molar-refractivity contribution is 0.102. The summed E-state index contributed by atoms with van der Waals surface area (Å²) in [6.45, 7) is 0.573. The third kappa shape index (κ3) is 4.89. The van der Waals surface area contributed by atoms with E-state index in [1.54, 1.807) is 25.3 Å². The van der Waals surface area contributed by atoms with E-state index in [1.165, 1.54) is 19.5 Å². The Balaban J connectivity index is 1.61. The first-order chi connectivity index (χ1) is 13.6.